The zero-order valence-electron chi connectivity index (χ0n) is 15.0. The zero-order chi connectivity index (χ0) is 17.2. The molecular weight excluding hydrogens is 316 g/mol. The third kappa shape index (κ3) is 3.76. The van der Waals surface area contributed by atoms with Crippen molar-refractivity contribution in [3.05, 3.63) is 47.5 Å². The highest BCUT2D eigenvalue weighted by Crippen LogP contribution is 2.32. The molecule has 0 aliphatic carbocycles. The minimum absolute atomic E-state index is 0.101. The zero-order valence-corrected chi connectivity index (χ0v) is 15.0. The molecule has 2 aliphatic rings. The van der Waals surface area contributed by atoms with Gasteiger partial charge < -0.3 is 9.47 Å². The second-order valence-electron chi connectivity index (χ2n) is 7.12. The van der Waals surface area contributed by atoms with E-state index in [9.17, 15) is 0 Å². The number of rotatable bonds is 5. The van der Waals surface area contributed by atoms with Crippen LogP contribution < -0.4 is 0 Å². The number of hydrogen-bond donors (Lipinski definition) is 0. The summed E-state index contributed by atoms with van der Waals surface area (Å²) in [4.78, 5) is 7.03. The molecule has 25 heavy (non-hydrogen) atoms. The average Bonchev–Trinajstić information content (AvgIpc) is 3.18. The van der Waals surface area contributed by atoms with Crippen LogP contribution in [0.5, 0.6) is 0 Å². The quantitative estimate of drug-likeness (QED) is 0.833. The summed E-state index contributed by atoms with van der Waals surface area (Å²) in [7, 11) is 1.96. The Kier molecular flexibility index (Phi) is 4.83. The van der Waals surface area contributed by atoms with E-state index in [1.54, 1.807) is 0 Å². The van der Waals surface area contributed by atoms with Gasteiger partial charge in [0.15, 0.2) is 0 Å². The normalized spacial score (nSPS) is 26.7. The fourth-order valence-corrected chi connectivity index (χ4v) is 3.99. The van der Waals surface area contributed by atoms with Gasteiger partial charge in [-0.3, -0.25) is 14.6 Å². The van der Waals surface area contributed by atoms with Crippen molar-refractivity contribution in [2.45, 2.75) is 51.2 Å². The summed E-state index contributed by atoms with van der Waals surface area (Å²) < 4.78 is 14.2. The van der Waals surface area contributed by atoms with Gasteiger partial charge in [-0.05, 0) is 31.9 Å². The van der Waals surface area contributed by atoms with Crippen molar-refractivity contribution in [1.29, 1.82) is 0 Å². The Hall–Kier alpha value is -1.76. The van der Waals surface area contributed by atoms with E-state index >= 15 is 0 Å². The smallest absolute Gasteiger partial charge is 0.100 e. The molecule has 0 bridgehead atoms. The number of fused-ring (bicyclic) bond motifs is 1. The fraction of sp³-hybridized carbons (Fsp3) is 0.579. The van der Waals surface area contributed by atoms with Crippen molar-refractivity contribution >= 4 is 0 Å². The van der Waals surface area contributed by atoms with E-state index in [1.807, 2.05) is 43.0 Å². The van der Waals surface area contributed by atoms with Crippen molar-refractivity contribution in [2.24, 2.45) is 7.05 Å². The standard InChI is InChI=1S/C19H26N4O2/c1-14-5-3-6-16(21-14)13-25-18-12-23(11-15-9-20-22(2)10-15)17-7-4-8-24-19(17)18/h3,5-6,9-10,17-19H,4,7-8,11-13H2,1-2H3/t17-,18-,19+/m1/s1. The van der Waals surface area contributed by atoms with Crippen LogP contribution in [0.15, 0.2) is 30.6 Å². The van der Waals surface area contributed by atoms with Crippen molar-refractivity contribution in [2.75, 3.05) is 13.2 Å². The topological polar surface area (TPSA) is 52.4 Å². The molecular formula is C19H26N4O2. The van der Waals surface area contributed by atoms with Crippen molar-refractivity contribution < 1.29 is 9.47 Å². The lowest BCUT2D eigenvalue weighted by atomic mass is 10.0. The first-order valence-electron chi connectivity index (χ1n) is 9.06. The van der Waals surface area contributed by atoms with Gasteiger partial charge in [0.05, 0.1) is 24.6 Å². The van der Waals surface area contributed by atoms with Crippen LogP contribution in [0.3, 0.4) is 0 Å². The van der Waals surface area contributed by atoms with E-state index in [4.69, 9.17) is 9.47 Å². The first kappa shape index (κ1) is 16.7. The summed E-state index contributed by atoms with van der Waals surface area (Å²) >= 11 is 0. The number of nitrogens with zero attached hydrogens (tertiary/aromatic N) is 4. The van der Waals surface area contributed by atoms with Crippen LogP contribution in [0.1, 0.15) is 29.8 Å². The number of hydrogen-bond acceptors (Lipinski definition) is 5. The highest BCUT2D eigenvalue weighted by Gasteiger charge is 2.44. The van der Waals surface area contributed by atoms with Crippen molar-refractivity contribution in [3.63, 3.8) is 0 Å². The van der Waals surface area contributed by atoms with Gasteiger partial charge in [0, 0.05) is 50.2 Å². The molecule has 0 unspecified atom stereocenters. The predicted molar refractivity (Wildman–Crippen MR) is 93.9 cm³/mol. The molecule has 2 fully saturated rings. The number of pyridine rings is 1. The third-order valence-electron chi connectivity index (χ3n) is 5.12. The fourth-order valence-electron chi connectivity index (χ4n) is 3.99. The highest BCUT2D eigenvalue weighted by atomic mass is 16.5. The maximum atomic E-state index is 6.24. The summed E-state index contributed by atoms with van der Waals surface area (Å²) in [6.07, 6.45) is 6.59. The Bertz CT molecular complexity index is 717. The molecule has 134 valence electrons. The van der Waals surface area contributed by atoms with Gasteiger partial charge in [-0.1, -0.05) is 6.07 Å². The molecule has 6 heteroatoms. The number of likely N-dealkylation sites (tertiary alicyclic amines) is 1. The summed E-state index contributed by atoms with van der Waals surface area (Å²) in [6, 6.07) is 6.50. The molecule has 0 radical (unpaired) electrons. The third-order valence-corrected chi connectivity index (χ3v) is 5.12. The lowest BCUT2D eigenvalue weighted by Crippen LogP contribution is -2.41. The van der Waals surface area contributed by atoms with Gasteiger partial charge in [-0.2, -0.15) is 5.10 Å². The van der Waals surface area contributed by atoms with Crippen molar-refractivity contribution in [3.8, 4) is 0 Å². The molecule has 0 spiro atoms. The summed E-state index contributed by atoms with van der Waals surface area (Å²) in [6.45, 7) is 5.19. The molecule has 2 aromatic heterocycles. The van der Waals surface area contributed by atoms with Gasteiger partial charge in [-0.25, -0.2) is 0 Å². The Morgan fingerprint density at radius 2 is 2.28 bits per heavy atom. The number of aryl methyl sites for hydroxylation is 2. The lowest BCUT2D eigenvalue weighted by molar-refractivity contribution is -0.0824. The SMILES string of the molecule is Cc1cccc(CO[C@@H]2CN(Cc3cnn(C)c3)[C@@H]3CCCO[C@@H]32)n1. The second-order valence-corrected chi connectivity index (χ2v) is 7.12. The van der Waals surface area contributed by atoms with Crippen LogP contribution in [-0.2, 0) is 29.7 Å². The number of aromatic nitrogens is 3. The van der Waals surface area contributed by atoms with E-state index in [1.165, 1.54) is 12.0 Å². The predicted octanol–water partition coefficient (Wildman–Crippen LogP) is 2.07. The van der Waals surface area contributed by atoms with Crippen LogP contribution in [0.2, 0.25) is 0 Å². The maximum absolute atomic E-state index is 6.24. The molecule has 2 aliphatic heterocycles. The molecule has 4 rings (SSSR count). The molecule has 2 aromatic rings. The summed E-state index contributed by atoms with van der Waals surface area (Å²) in [5.41, 5.74) is 3.25. The minimum Gasteiger partial charge on any atom is -0.374 e. The molecule has 4 heterocycles. The van der Waals surface area contributed by atoms with Crippen LogP contribution in [0.4, 0.5) is 0 Å². The Morgan fingerprint density at radius 3 is 3.08 bits per heavy atom. The van der Waals surface area contributed by atoms with Gasteiger partial charge in [-0.15, -0.1) is 0 Å². The number of ether oxygens (including phenoxy) is 2. The van der Waals surface area contributed by atoms with Crippen molar-refractivity contribution in [1.82, 2.24) is 19.7 Å². The maximum Gasteiger partial charge on any atom is 0.100 e. The molecule has 0 N–H and O–H groups in total. The van der Waals surface area contributed by atoms with Crippen LogP contribution in [0.25, 0.3) is 0 Å². The van der Waals surface area contributed by atoms with E-state index < -0.39 is 0 Å². The lowest BCUT2D eigenvalue weighted by Gasteiger charge is -2.32. The molecule has 2 saturated heterocycles. The monoisotopic (exact) mass is 342 g/mol. The Morgan fingerprint density at radius 1 is 1.36 bits per heavy atom. The molecule has 0 aromatic carbocycles. The van der Waals surface area contributed by atoms with Gasteiger partial charge >= 0.3 is 0 Å². The van der Waals surface area contributed by atoms with E-state index in [0.717, 1.165) is 37.5 Å². The van der Waals surface area contributed by atoms with Gasteiger partial charge in [0.1, 0.15) is 6.10 Å². The first-order valence-corrected chi connectivity index (χ1v) is 9.06. The highest BCUT2D eigenvalue weighted by molar-refractivity contribution is 5.10. The van der Waals surface area contributed by atoms with Crippen LogP contribution in [-0.4, -0.2) is 51.1 Å². The van der Waals surface area contributed by atoms with E-state index in [0.29, 0.717) is 12.6 Å². The molecule has 0 amide bonds. The molecule has 0 saturated carbocycles. The second kappa shape index (κ2) is 7.23. The van der Waals surface area contributed by atoms with E-state index in [2.05, 4.69) is 21.2 Å². The Balaban J connectivity index is 1.43. The average molecular weight is 342 g/mol. The Labute approximate surface area is 148 Å². The van der Waals surface area contributed by atoms with Gasteiger partial charge in [0.2, 0.25) is 0 Å². The first-order chi connectivity index (χ1) is 12.2. The minimum atomic E-state index is 0.101. The van der Waals surface area contributed by atoms with Crippen LogP contribution >= 0.6 is 0 Å². The van der Waals surface area contributed by atoms with Gasteiger partial charge in [0.25, 0.3) is 0 Å². The molecule has 6 nitrogen and oxygen atoms in total. The summed E-state index contributed by atoms with van der Waals surface area (Å²) in [5.74, 6) is 0. The summed E-state index contributed by atoms with van der Waals surface area (Å²) in [5, 5.41) is 4.29. The van der Waals surface area contributed by atoms with Crippen LogP contribution in [0, 0.1) is 6.92 Å². The largest absolute Gasteiger partial charge is 0.374 e. The molecule has 3 atom stereocenters. The van der Waals surface area contributed by atoms with E-state index in [-0.39, 0.29) is 12.2 Å².